The number of halogens is 1. The van der Waals surface area contributed by atoms with Crippen LogP contribution in [0.15, 0.2) is 69.6 Å². The molecule has 10 heteroatoms. The summed E-state index contributed by atoms with van der Waals surface area (Å²) in [5.74, 6) is -0.678. The van der Waals surface area contributed by atoms with Gasteiger partial charge in [-0.2, -0.15) is 0 Å². The molecule has 3 aromatic rings. The molecule has 0 fully saturated rings. The van der Waals surface area contributed by atoms with Crippen molar-refractivity contribution in [3.05, 3.63) is 106 Å². The van der Waals surface area contributed by atoms with Gasteiger partial charge in [-0.05, 0) is 37.6 Å². The van der Waals surface area contributed by atoms with Crippen LogP contribution in [0, 0.1) is 10.1 Å². The van der Waals surface area contributed by atoms with E-state index in [1.807, 2.05) is 0 Å². The number of benzene rings is 2. The lowest BCUT2D eigenvalue weighted by atomic mass is 9.94. The van der Waals surface area contributed by atoms with Crippen molar-refractivity contribution < 1.29 is 14.5 Å². The quantitative estimate of drug-likeness (QED) is 0.314. The number of thiazole rings is 1. The molecule has 0 amide bonds. The van der Waals surface area contributed by atoms with E-state index in [0.717, 1.165) is 11.3 Å². The fourth-order valence-electron chi connectivity index (χ4n) is 3.70. The highest BCUT2D eigenvalue weighted by molar-refractivity contribution is 7.07. The maximum atomic E-state index is 13.5. The second kappa shape index (κ2) is 9.13. The highest BCUT2D eigenvalue weighted by atomic mass is 35.5. The number of rotatable bonds is 5. The molecule has 0 bridgehead atoms. The zero-order chi connectivity index (χ0) is 23.7. The monoisotopic (exact) mass is 483 g/mol. The summed E-state index contributed by atoms with van der Waals surface area (Å²) >= 11 is 7.38. The van der Waals surface area contributed by atoms with Crippen LogP contribution in [0.5, 0.6) is 0 Å². The predicted octanol–water partition coefficient (Wildman–Crippen LogP) is 3.36. The number of carbonyl (C=O) groups is 1. The molecule has 4 rings (SSSR count). The van der Waals surface area contributed by atoms with Gasteiger partial charge in [0, 0.05) is 11.1 Å². The molecular formula is C23H18ClN3O5S. The average molecular weight is 484 g/mol. The van der Waals surface area contributed by atoms with Crippen molar-refractivity contribution in [3.63, 3.8) is 0 Å². The highest BCUT2D eigenvalue weighted by Gasteiger charge is 2.36. The van der Waals surface area contributed by atoms with Gasteiger partial charge in [-0.25, -0.2) is 9.79 Å². The first-order chi connectivity index (χ1) is 15.8. The van der Waals surface area contributed by atoms with Gasteiger partial charge in [-0.1, -0.05) is 53.3 Å². The molecule has 1 aromatic heterocycles. The molecule has 2 aromatic carbocycles. The molecule has 1 unspecified atom stereocenters. The van der Waals surface area contributed by atoms with Crippen molar-refractivity contribution in [2.75, 3.05) is 6.61 Å². The summed E-state index contributed by atoms with van der Waals surface area (Å²) in [6, 6.07) is 12.0. The predicted molar refractivity (Wildman–Crippen MR) is 125 cm³/mol. The van der Waals surface area contributed by atoms with E-state index in [1.165, 1.54) is 22.8 Å². The summed E-state index contributed by atoms with van der Waals surface area (Å²) in [6.07, 6.45) is 1.64. The molecule has 0 saturated carbocycles. The van der Waals surface area contributed by atoms with Gasteiger partial charge in [-0.3, -0.25) is 19.5 Å². The molecule has 0 aliphatic carbocycles. The molecule has 1 atom stereocenters. The van der Waals surface area contributed by atoms with Crippen LogP contribution in [0.2, 0.25) is 5.02 Å². The summed E-state index contributed by atoms with van der Waals surface area (Å²) < 4.78 is 6.86. The molecule has 0 N–H and O–H groups in total. The first-order valence-corrected chi connectivity index (χ1v) is 11.2. The van der Waals surface area contributed by atoms with E-state index in [-0.39, 0.29) is 23.4 Å². The van der Waals surface area contributed by atoms with E-state index in [4.69, 9.17) is 16.3 Å². The Hall–Kier alpha value is -3.56. The van der Waals surface area contributed by atoms with Crippen LogP contribution < -0.4 is 14.9 Å². The Morgan fingerprint density at radius 3 is 2.67 bits per heavy atom. The lowest BCUT2D eigenvalue weighted by molar-refractivity contribution is -0.385. The van der Waals surface area contributed by atoms with Gasteiger partial charge in [0.25, 0.3) is 11.2 Å². The fourth-order valence-corrected chi connectivity index (χ4v) is 4.93. The van der Waals surface area contributed by atoms with Crippen LogP contribution in [-0.4, -0.2) is 22.1 Å². The number of hydrogen-bond donors (Lipinski definition) is 0. The number of nitro groups is 1. The first kappa shape index (κ1) is 22.6. The van der Waals surface area contributed by atoms with Crippen molar-refractivity contribution >= 4 is 40.7 Å². The lowest BCUT2D eigenvalue weighted by Gasteiger charge is -2.24. The number of ether oxygens (including phenoxy) is 1. The van der Waals surface area contributed by atoms with E-state index in [1.54, 1.807) is 50.3 Å². The van der Waals surface area contributed by atoms with Crippen molar-refractivity contribution in [2.24, 2.45) is 4.99 Å². The third kappa shape index (κ3) is 4.12. The van der Waals surface area contributed by atoms with Crippen molar-refractivity contribution in [1.82, 2.24) is 4.57 Å². The zero-order valence-electron chi connectivity index (χ0n) is 17.6. The lowest BCUT2D eigenvalue weighted by Crippen LogP contribution is -2.40. The number of aromatic nitrogens is 1. The zero-order valence-corrected chi connectivity index (χ0v) is 19.2. The van der Waals surface area contributed by atoms with Gasteiger partial charge in [0.1, 0.15) is 6.04 Å². The van der Waals surface area contributed by atoms with Crippen LogP contribution in [-0.2, 0) is 9.53 Å². The molecule has 2 heterocycles. The minimum absolute atomic E-state index is 0.0860. The number of nitro benzene ring substituents is 1. The number of fused-ring (bicyclic) bond motifs is 1. The van der Waals surface area contributed by atoms with Crippen molar-refractivity contribution in [1.29, 1.82) is 0 Å². The third-order valence-corrected chi connectivity index (χ3v) is 6.46. The molecule has 1 aliphatic heterocycles. The molecule has 8 nitrogen and oxygen atoms in total. The molecule has 0 spiro atoms. The number of para-hydroxylation sites is 1. The number of nitrogens with zero attached hydrogens (tertiary/aromatic N) is 3. The largest absolute Gasteiger partial charge is 0.463 e. The van der Waals surface area contributed by atoms with E-state index >= 15 is 0 Å². The van der Waals surface area contributed by atoms with Crippen LogP contribution in [0.25, 0.3) is 6.08 Å². The Labute approximate surface area is 196 Å². The van der Waals surface area contributed by atoms with Gasteiger partial charge in [0.05, 0.1) is 32.9 Å². The SMILES string of the molecule is CCOC(=O)C1=C(C)N=c2sc(=Cc3ccccc3Cl)c(=O)n2C1c1ccccc1[N+](=O)[O-]. The summed E-state index contributed by atoms with van der Waals surface area (Å²) in [7, 11) is 0. The summed E-state index contributed by atoms with van der Waals surface area (Å²) in [6.45, 7) is 3.39. The second-order valence-corrected chi connectivity index (χ2v) is 8.56. The van der Waals surface area contributed by atoms with Crippen LogP contribution in [0.4, 0.5) is 5.69 Å². The van der Waals surface area contributed by atoms with E-state index in [0.29, 0.717) is 25.6 Å². The van der Waals surface area contributed by atoms with Crippen LogP contribution >= 0.6 is 22.9 Å². The topological polar surface area (TPSA) is 104 Å². The first-order valence-electron chi connectivity index (χ1n) is 10.0. The minimum atomic E-state index is -1.06. The van der Waals surface area contributed by atoms with Gasteiger partial charge in [0.2, 0.25) is 0 Å². The summed E-state index contributed by atoms with van der Waals surface area (Å²) in [5, 5.41) is 12.2. The number of esters is 1. The van der Waals surface area contributed by atoms with Crippen LogP contribution in [0.1, 0.15) is 31.0 Å². The molecule has 0 radical (unpaired) electrons. The van der Waals surface area contributed by atoms with E-state index in [2.05, 4.69) is 4.99 Å². The Bertz CT molecular complexity index is 1490. The molecular weight excluding hydrogens is 466 g/mol. The maximum Gasteiger partial charge on any atom is 0.338 e. The molecule has 0 saturated heterocycles. The van der Waals surface area contributed by atoms with Gasteiger partial charge in [0.15, 0.2) is 4.80 Å². The molecule has 33 heavy (non-hydrogen) atoms. The van der Waals surface area contributed by atoms with Crippen molar-refractivity contribution in [3.8, 4) is 0 Å². The Kier molecular flexibility index (Phi) is 6.26. The second-order valence-electron chi connectivity index (χ2n) is 7.14. The standard InChI is InChI=1S/C23H18ClN3O5S/c1-3-32-22(29)19-13(2)25-23-26(20(19)15-9-5-7-11-17(15)27(30)31)21(28)18(33-23)12-14-8-4-6-10-16(14)24/h4-12,20H,3H2,1-2H3. The number of carbonyl (C=O) groups excluding carboxylic acids is 1. The van der Waals surface area contributed by atoms with E-state index in [9.17, 15) is 19.7 Å². The van der Waals surface area contributed by atoms with Gasteiger partial charge >= 0.3 is 5.97 Å². The highest BCUT2D eigenvalue weighted by Crippen LogP contribution is 2.35. The Balaban J connectivity index is 2.04. The number of allylic oxidation sites excluding steroid dienone is 1. The maximum absolute atomic E-state index is 13.5. The molecule has 1 aliphatic rings. The third-order valence-electron chi connectivity index (χ3n) is 5.14. The Morgan fingerprint density at radius 1 is 1.27 bits per heavy atom. The minimum Gasteiger partial charge on any atom is -0.463 e. The van der Waals surface area contributed by atoms with E-state index < -0.39 is 22.5 Å². The summed E-state index contributed by atoms with van der Waals surface area (Å²) in [5.41, 5.74) is 0.624. The van der Waals surface area contributed by atoms with Crippen LogP contribution in [0.3, 0.4) is 0 Å². The fraction of sp³-hybridized carbons (Fsp3) is 0.174. The van der Waals surface area contributed by atoms with Gasteiger partial charge in [-0.15, -0.1) is 0 Å². The average Bonchev–Trinajstić information content (AvgIpc) is 3.09. The molecule has 168 valence electrons. The smallest absolute Gasteiger partial charge is 0.338 e. The van der Waals surface area contributed by atoms with Gasteiger partial charge < -0.3 is 4.74 Å². The Morgan fingerprint density at radius 2 is 1.97 bits per heavy atom. The van der Waals surface area contributed by atoms with Crippen molar-refractivity contribution in [2.45, 2.75) is 19.9 Å². The summed E-state index contributed by atoms with van der Waals surface area (Å²) in [4.78, 5) is 42.4. The normalized spacial score (nSPS) is 15.7. The number of hydrogen-bond acceptors (Lipinski definition) is 7.